The van der Waals surface area contributed by atoms with Crippen LogP contribution >= 0.6 is 0 Å². The maximum Gasteiger partial charge on any atom is 0.270 e. The summed E-state index contributed by atoms with van der Waals surface area (Å²) in [6.07, 6.45) is 1.57. The van der Waals surface area contributed by atoms with Gasteiger partial charge in [-0.25, -0.2) is 4.98 Å². The molecule has 0 saturated carbocycles. The zero-order chi connectivity index (χ0) is 13.9. The first-order chi connectivity index (χ1) is 9.72. The summed E-state index contributed by atoms with van der Waals surface area (Å²) >= 11 is 0. The molecule has 0 amide bonds. The molecule has 2 aromatic heterocycles. The Balaban J connectivity index is 1.83. The van der Waals surface area contributed by atoms with Crippen molar-refractivity contribution in [3.05, 3.63) is 58.5 Å². The summed E-state index contributed by atoms with van der Waals surface area (Å²) in [4.78, 5) is 14.7. The molecule has 7 nitrogen and oxygen atoms in total. The Kier molecular flexibility index (Phi) is 3.00. The molecule has 3 rings (SSSR count). The van der Waals surface area contributed by atoms with Crippen molar-refractivity contribution in [1.82, 2.24) is 10.1 Å². The average molecular weight is 270 g/mol. The van der Waals surface area contributed by atoms with Crippen LogP contribution in [0.25, 0.3) is 10.9 Å². The van der Waals surface area contributed by atoms with Crippen LogP contribution in [-0.4, -0.2) is 15.1 Å². The Bertz CT molecular complexity index is 755. The molecule has 0 spiro atoms. The Morgan fingerprint density at radius 1 is 1.25 bits per heavy atom. The van der Waals surface area contributed by atoms with E-state index < -0.39 is 4.92 Å². The van der Waals surface area contributed by atoms with E-state index in [0.717, 1.165) is 5.39 Å². The molecule has 3 aromatic rings. The summed E-state index contributed by atoms with van der Waals surface area (Å²) in [6.45, 7) is 0.478. The third-order valence-corrected chi connectivity index (χ3v) is 2.82. The number of hydrogen-bond acceptors (Lipinski definition) is 6. The fourth-order valence-corrected chi connectivity index (χ4v) is 1.84. The first kappa shape index (κ1) is 12.1. The van der Waals surface area contributed by atoms with E-state index in [1.807, 2.05) is 0 Å². The van der Waals surface area contributed by atoms with Gasteiger partial charge in [0.2, 0.25) is 0 Å². The number of hydrogen-bond donors (Lipinski definition) is 1. The van der Waals surface area contributed by atoms with E-state index in [4.69, 9.17) is 4.52 Å². The fraction of sp³-hybridized carbons (Fsp3) is 0.0769. The standard InChI is InChI=1S/C13H10N4O3/c18-17(19)10-2-3-12-9(7-10)1-4-13(16-12)14-8-11-5-6-15-20-11/h1-7H,8H2,(H,14,16). The van der Waals surface area contributed by atoms with Gasteiger partial charge >= 0.3 is 0 Å². The Labute approximate surface area is 113 Å². The maximum absolute atomic E-state index is 10.7. The summed E-state index contributed by atoms with van der Waals surface area (Å²) < 4.78 is 4.97. The molecule has 0 unspecified atom stereocenters. The molecular weight excluding hydrogens is 260 g/mol. The van der Waals surface area contributed by atoms with E-state index in [1.54, 1.807) is 30.5 Å². The van der Waals surface area contributed by atoms with Gasteiger partial charge in [0.15, 0.2) is 5.76 Å². The molecule has 0 aliphatic rings. The molecule has 0 atom stereocenters. The lowest BCUT2D eigenvalue weighted by molar-refractivity contribution is -0.384. The number of fused-ring (bicyclic) bond motifs is 1. The Hall–Kier alpha value is -2.96. The van der Waals surface area contributed by atoms with Gasteiger partial charge in [-0.05, 0) is 18.2 Å². The lowest BCUT2D eigenvalue weighted by Gasteiger charge is -2.04. The van der Waals surface area contributed by atoms with Gasteiger partial charge in [-0.2, -0.15) is 0 Å². The van der Waals surface area contributed by atoms with Crippen LogP contribution in [0.5, 0.6) is 0 Å². The van der Waals surface area contributed by atoms with Gasteiger partial charge in [0.1, 0.15) is 5.82 Å². The second-order valence-corrected chi connectivity index (χ2v) is 4.16. The fourth-order valence-electron chi connectivity index (χ4n) is 1.84. The highest BCUT2D eigenvalue weighted by Gasteiger charge is 2.07. The lowest BCUT2D eigenvalue weighted by Crippen LogP contribution is -2.00. The van der Waals surface area contributed by atoms with Gasteiger partial charge in [0.25, 0.3) is 5.69 Å². The van der Waals surface area contributed by atoms with Crippen LogP contribution in [0.1, 0.15) is 5.76 Å². The lowest BCUT2D eigenvalue weighted by atomic mass is 10.2. The molecule has 100 valence electrons. The van der Waals surface area contributed by atoms with Crippen molar-refractivity contribution in [2.75, 3.05) is 5.32 Å². The molecule has 0 fully saturated rings. The largest absolute Gasteiger partial charge is 0.363 e. The molecule has 7 heteroatoms. The number of nitrogens with one attached hydrogen (secondary N) is 1. The number of pyridine rings is 1. The van der Waals surface area contributed by atoms with E-state index >= 15 is 0 Å². The number of rotatable bonds is 4. The highest BCUT2D eigenvalue weighted by atomic mass is 16.6. The molecule has 20 heavy (non-hydrogen) atoms. The first-order valence-corrected chi connectivity index (χ1v) is 5.91. The molecule has 2 heterocycles. The molecular formula is C13H10N4O3. The summed E-state index contributed by atoms with van der Waals surface area (Å²) in [6, 6.07) is 9.89. The predicted molar refractivity (Wildman–Crippen MR) is 72.2 cm³/mol. The molecule has 1 N–H and O–H groups in total. The SMILES string of the molecule is O=[N+]([O-])c1ccc2nc(NCc3ccno3)ccc2c1. The van der Waals surface area contributed by atoms with Gasteiger partial charge in [-0.15, -0.1) is 0 Å². The normalized spacial score (nSPS) is 10.6. The quantitative estimate of drug-likeness (QED) is 0.578. The molecule has 0 bridgehead atoms. The number of benzene rings is 1. The van der Waals surface area contributed by atoms with Crippen LogP contribution in [-0.2, 0) is 6.54 Å². The highest BCUT2D eigenvalue weighted by molar-refractivity contribution is 5.82. The topological polar surface area (TPSA) is 94.1 Å². The highest BCUT2D eigenvalue weighted by Crippen LogP contribution is 2.21. The van der Waals surface area contributed by atoms with Crippen molar-refractivity contribution < 1.29 is 9.45 Å². The number of nitrogens with zero attached hydrogens (tertiary/aromatic N) is 3. The number of aromatic nitrogens is 2. The number of nitro groups is 1. The van der Waals surface area contributed by atoms with Crippen molar-refractivity contribution in [1.29, 1.82) is 0 Å². The predicted octanol–water partition coefficient (Wildman–Crippen LogP) is 2.74. The van der Waals surface area contributed by atoms with Crippen LogP contribution in [0.2, 0.25) is 0 Å². The van der Waals surface area contributed by atoms with Gasteiger partial charge in [0.05, 0.1) is 23.2 Å². The minimum absolute atomic E-state index is 0.0571. The van der Waals surface area contributed by atoms with E-state index in [-0.39, 0.29) is 5.69 Å². The number of non-ortho nitro benzene ring substituents is 1. The second-order valence-electron chi connectivity index (χ2n) is 4.16. The van der Waals surface area contributed by atoms with E-state index in [2.05, 4.69) is 15.5 Å². The maximum atomic E-state index is 10.7. The average Bonchev–Trinajstić information content (AvgIpc) is 2.97. The van der Waals surface area contributed by atoms with Crippen molar-refractivity contribution >= 4 is 22.4 Å². The van der Waals surface area contributed by atoms with Gasteiger partial charge in [-0.1, -0.05) is 5.16 Å². The van der Waals surface area contributed by atoms with Gasteiger partial charge in [0, 0.05) is 23.6 Å². The van der Waals surface area contributed by atoms with E-state index in [1.165, 1.54) is 12.1 Å². The third kappa shape index (κ3) is 2.41. The van der Waals surface area contributed by atoms with Gasteiger partial charge in [-0.3, -0.25) is 10.1 Å². The van der Waals surface area contributed by atoms with E-state index in [9.17, 15) is 10.1 Å². The summed E-state index contributed by atoms with van der Waals surface area (Å²) in [5.41, 5.74) is 0.750. The van der Waals surface area contributed by atoms with Crippen LogP contribution < -0.4 is 5.32 Å². The molecule has 0 aliphatic heterocycles. The number of nitro benzene ring substituents is 1. The van der Waals surface area contributed by atoms with Crippen molar-refractivity contribution in [3.63, 3.8) is 0 Å². The van der Waals surface area contributed by atoms with Crippen molar-refractivity contribution in [2.45, 2.75) is 6.54 Å². The minimum atomic E-state index is -0.421. The zero-order valence-electron chi connectivity index (χ0n) is 10.3. The van der Waals surface area contributed by atoms with Crippen LogP contribution in [0, 0.1) is 10.1 Å². The van der Waals surface area contributed by atoms with Crippen LogP contribution in [0.3, 0.4) is 0 Å². The minimum Gasteiger partial charge on any atom is -0.363 e. The third-order valence-electron chi connectivity index (χ3n) is 2.82. The molecule has 0 aliphatic carbocycles. The zero-order valence-corrected chi connectivity index (χ0v) is 10.3. The Morgan fingerprint density at radius 3 is 2.90 bits per heavy atom. The van der Waals surface area contributed by atoms with E-state index in [0.29, 0.717) is 23.6 Å². The van der Waals surface area contributed by atoms with Gasteiger partial charge < -0.3 is 9.84 Å². The molecule has 1 aromatic carbocycles. The monoisotopic (exact) mass is 270 g/mol. The first-order valence-electron chi connectivity index (χ1n) is 5.91. The van der Waals surface area contributed by atoms with Crippen molar-refractivity contribution in [2.24, 2.45) is 0 Å². The number of anilines is 1. The summed E-state index contributed by atoms with van der Waals surface area (Å²) in [5.74, 6) is 1.37. The summed E-state index contributed by atoms with van der Waals surface area (Å²) in [7, 11) is 0. The molecule has 0 saturated heterocycles. The second kappa shape index (κ2) is 4.96. The van der Waals surface area contributed by atoms with Crippen molar-refractivity contribution in [3.8, 4) is 0 Å². The van der Waals surface area contributed by atoms with Crippen LogP contribution in [0.4, 0.5) is 11.5 Å². The Morgan fingerprint density at radius 2 is 2.15 bits per heavy atom. The smallest absolute Gasteiger partial charge is 0.270 e. The van der Waals surface area contributed by atoms with Crippen LogP contribution in [0.15, 0.2) is 47.1 Å². The molecule has 0 radical (unpaired) electrons. The summed E-state index contributed by atoms with van der Waals surface area (Å²) in [5, 5.41) is 18.1.